The van der Waals surface area contributed by atoms with Gasteiger partial charge < -0.3 is 0 Å². The molecule has 2 saturated heterocycles. The summed E-state index contributed by atoms with van der Waals surface area (Å²) in [6, 6.07) is 30.6. The van der Waals surface area contributed by atoms with E-state index in [9.17, 15) is 4.79 Å². The Morgan fingerprint density at radius 1 is 0.750 bits per heavy atom. The third-order valence-corrected chi connectivity index (χ3v) is 8.50. The van der Waals surface area contributed by atoms with Crippen LogP contribution in [0.2, 0.25) is 0 Å². The molecule has 0 radical (unpaired) electrons. The van der Waals surface area contributed by atoms with E-state index < -0.39 is 9.93 Å². The second-order valence-electron chi connectivity index (χ2n) is 8.75. The minimum atomic E-state index is -0.962. The van der Waals surface area contributed by atoms with Gasteiger partial charge in [-0.05, 0) is 30.5 Å². The van der Waals surface area contributed by atoms with Gasteiger partial charge in [-0.2, -0.15) is 0 Å². The van der Waals surface area contributed by atoms with Crippen LogP contribution < -0.4 is 5.06 Å². The minimum Gasteiger partial charge on any atom is -0.294 e. The minimum absolute atomic E-state index is 0.125. The van der Waals surface area contributed by atoms with Crippen LogP contribution in [-0.2, 0) is 19.6 Å². The molecule has 3 aromatic carbocycles. The Bertz CT molecular complexity index is 1100. The van der Waals surface area contributed by atoms with Crippen LogP contribution in [0.4, 0.5) is 5.69 Å². The van der Waals surface area contributed by atoms with Crippen molar-refractivity contribution in [1.82, 2.24) is 4.90 Å². The molecular formula is C27H26N2O2S. The van der Waals surface area contributed by atoms with E-state index in [1.165, 1.54) is 6.42 Å². The van der Waals surface area contributed by atoms with Crippen molar-refractivity contribution in [1.29, 1.82) is 0 Å². The summed E-state index contributed by atoms with van der Waals surface area (Å²) in [5, 5.41) is 0.980. The normalized spacial score (nSPS) is 27.8. The molecule has 162 valence electrons. The molecule has 6 rings (SSSR count). The maximum absolute atomic E-state index is 14.5. The number of benzene rings is 3. The third-order valence-electron chi connectivity index (χ3n) is 6.85. The Morgan fingerprint density at radius 2 is 1.31 bits per heavy atom. The Balaban J connectivity index is 1.58. The van der Waals surface area contributed by atoms with Gasteiger partial charge in [-0.1, -0.05) is 110 Å². The van der Waals surface area contributed by atoms with Crippen LogP contribution in [0, 0.1) is 0 Å². The summed E-state index contributed by atoms with van der Waals surface area (Å²) < 4.78 is 0. The number of hydroxylamine groups is 1. The van der Waals surface area contributed by atoms with Gasteiger partial charge in [0.05, 0.1) is 5.69 Å². The number of fused-ring (bicyclic) bond motifs is 2. The molecule has 0 aromatic heterocycles. The van der Waals surface area contributed by atoms with Crippen molar-refractivity contribution in [2.45, 2.75) is 48.1 Å². The fourth-order valence-electron chi connectivity index (χ4n) is 5.38. The molecule has 1 saturated carbocycles. The summed E-state index contributed by atoms with van der Waals surface area (Å²) in [6.45, 7) is 0. The van der Waals surface area contributed by atoms with Crippen LogP contribution in [0.3, 0.4) is 0 Å². The zero-order valence-corrected chi connectivity index (χ0v) is 18.7. The SMILES string of the molecule is O=C1N(C2CCCCC2)C2(c3ccccc3)ON(c3ccccc3)C1(c1ccccc1)S2. The van der Waals surface area contributed by atoms with Crippen molar-refractivity contribution in [2.75, 3.05) is 5.06 Å². The van der Waals surface area contributed by atoms with E-state index >= 15 is 0 Å². The first-order valence-electron chi connectivity index (χ1n) is 11.5. The van der Waals surface area contributed by atoms with Crippen molar-refractivity contribution >= 4 is 23.4 Å². The zero-order chi connectivity index (χ0) is 21.6. The molecule has 2 unspecified atom stereocenters. The highest BCUT2D eigenvalue weighted by Crippen LogP contribution is 2.68. The molecule has 5 heteroatoms. The lowest BCUT2D eigenvalue weighted by atomic mass is 9.91. The third kappa shape index (κ3) is 2.77. The number of anilines is 1. The van der Waals surface area contributed by atoms with Gasteiger partial charge in [0.1, 0.15) is 0 Å². The summed E-state index contributed by atoms with van der Waals surface area (Å²) in [5.41, 5.74) is 2.86. The molecule has 1 aliphatic carbocycles. The van der Waals surface area contributed by atoms with E-state index in [0.29, 0.717) is 0 Å². The molecule has 2 aliphatic heterocycles. The van der Waals surface area contributed by atoms with Gasteiger partial charge >= 0.3 is 0 Å². The van der Waals surface area contributed by atoms with Crippen molar-refractivity contribution in [2.24, 2.45) is 0 Å². The Hall–Kier alpha value is -2.76. The van der Waals surface area contributed by atoms with Crippen molar-refractivity contribution in [3.63, 3.8) is 0 Å². The van der Waals surface area contributed by atoms with Crippen molar-refractivity contribution < 1.29 is 9.63 Å². The predicted molar refractivity (Wildman–Crippen MR) is 128 cm³/mol. The van der Waals surface area contributed by atoms with Crippen LogP contribution >= 0.6 is 11.8 Å². The van der Waals surface area contributed by atoms with Crippen LogP contribution in [0.5, 0.6) is 0 Å². The second kappa shape index (κ2) is 7.68. The molecule has 4 nitrogen and oxygen atoms in total. The van der Waals surface area contributed by atoms with Gasteiger partial charge in [0.2, 0.25) is 9.93 Å². The average Bonchev–Trinajstić information content (AvgIpc) is 3.37. The fourth-order valence-corrected chi connectivity index (χ4v) is 7.14. The van der Waals surface area contributed by atoms with E-state index in [4.69, 9.17) is 4.84 Å². The van der Waals surface area contributed by atoms with Gasteiger partial charge in [-0.25, -0.2) is 9.90 Å². The largest absolute Gasteiger partial charge is 0.294 e. The number of rotatable bonds is 4. The monoisotopic (exact) mass is 442 g/mol. The van der Waals surface area contributed by atoms with E-state index in [2.05, 4.69) is 29.2 Å². The zero-order valence-electron chi connectivity index (χ0n) is 17.9. The van der Waals surface area contributed by atoms with Crippen LogP contribution in [0.25, 0.3) is 0 Å². The van der Waals surface area contributed by atoms with Crippen LogP contribution in [-0.4, -0.2) is 16.8 Å². The molecule has 2 atom stereocenters. The van der Waals surface area contributed by atoms with E-state index in [-0.39, 0.29) is 11.9 Å². The summed E-state index contributed by atoms with van der Waals surface area (Å²) >= 11 is 1.63. The number of thioether (sulfide) groups is 1. The number of hydrogen-bond acceptors (Lipinski definition) is 4. The molecule has 32 heavy (non-hydrogen) atoms. The summed E-state index contributed by atoms with van der Waals surface area (Å²) in [4.78, 5) is 22.6. The Morgan fingerprint density at radius 3 is 1.94 bits per heavy atom. The predicted octanol–water partition coefficient (Wildman–Crippen LogP) is 6.01. The van der Waals surface area contributed by atoms with Crippen molar-refractivity contribution in [3.05, 3.63) is 102 Å². The quantitative estimate of drug-likeness (QED) is 0.495. The first-order valence-corrected chi connectivity index (χ1v) is 12.3. The topological polar surface area (TPSA) is 32.8 Å². The average molecular weight is 443 g/mol. The van der Waals surface area contributed by atoms with Crippen LogP contribution in [0.1, 0.15) is 43.2 Å². The van der Waals surface area contributed by atoms with Crippen molar-refractivity contribution in [3.8, 4) is 0 Å². The van der Waals surface area contributed by atoms with Gasteiger partial charge in [-0.15, -0.1) is 0 Å². The number of hydrogen-bond donors (Lipinski definition) is 0. The Kier molecular flexibility index (Phi) is 4.77. The smallest absolute Gasteiger partial charge is 0.269 e. The number of amides is 1. The summed E-state index contributed by atoms with van der Waals surface area (Å²) in [7, 11) is 0. The first-order chi connectivity index (χ1) is 15.8. The highest BCUT2D eigenvalue weighted by atomic mass is 32.2. The number of para-hydroxylation sites is 1. The second-order valence-corrected chi connectivity index (χ2v) is 10.1. The van der Waals surface area contributed by atoms with Gasteiger partial charge in [0.15, 0.2) is 0 Å². The lowest BCUT2D eigenvalue weighted by Gasteiger charge is -2.47. The first kappa shape index (κ1) is 19.9. The Labute approximate surface area is 193 Å². The molecule has 2 heterocycles. The lowest BCUT2D eigenvalue weighted by Crippen LogP contribution is -2.61. The van der Waals surface area contributed by atoms with E-state index in [0.717, 1.165) is 42.5 Å². The molecule has 3 aliphatic rings. The summed E-state index contributed by atoms with van der Waals surface area (Å²) in [5.74, 6) is 0.125. The van der Waals surface area contributed by atoms with Gasteiger partial charge in [-0.3, -0.25) is 9.69 Å². The maximum Gasteiger partial charge on any atom is 0.269 e. The number of nitrogens with zero attached hydrogens (tertiary/aromatic N) is 2. The van der Waals surface area contributed by atoms with E-state index in [1.54, 1.807) is 11.8 Å². The summed E-state index contributed by atoms with van der Waals surface area (Å²) in [6.07, 6.45) is 5.61. The molecule has 3 aromatic rings. The van der Waals surface area contributed by atoms with Crippen LogP contribution in [0.15, 0.2) is 91.0 Å². The van der Waals surface area contributed by atoms with E-state index in [1.807, 2.05) is 71.8 Å². The highest BCUT2D eigenvalue weighted by Gasteiger charge is 2.74. The highest BCUT2D eigenvalue weighted by molar-refractivity contribution is 8.02. The molecular weight excluding hydrogens is 416 g/mol. The molecule has 0 N–H and O–H groups in total. The lowest BCUT2D eigenvalue weighted by molar-refractivity contribution is -0.182. The molecule has 3 fully saturated rings. The van der Waals surface area contributed by atoms with Gasteiger partial charge in [0, 0.05) is 11.6 Å². The standard InChI is InChI=1S/C27H26N2O2S/c30-25-26(21-13-5-1-6-14-21)29(24-19-11-4-12-20-24)31-27(32-26,22-15-7-2-8-16-22)28(25)23-17-9-3-10-18-23/h1-2,4-8,11-16,19-20,23H,3,9-10,17-18H2. The number of carbonyl (C=O) groups is 1. The molecule has 2 bridgehead atoms. The fraction of sp³-hybridized carbons (Fsp3) is 0.296. The maximum atomic E-state index is 14.5. The molecule has 0 spiro atoms. The van der Waals surface area contributed by atoms with Gasteiger partial charge in [0.25, 0.3) is 5.91 Å². The number of carbonyl (C=O) groups excluding carboxylic acids is 1. The molecule has 1 amide bonds.